The molecule has 4 nitrogen and oxygen atoms in total. The molecule has 20 heavy (non-hydrogen) atoms. The van der Waals surface area contributed by atoms with Crippen molar-refractivity contribution in [1.82, 2.24) is 9.97 Å². The van der Waals surface area contributed by atoms with Crippen LogP contribution < -0.4 is 5.43 Å². The Bertz CT molecular complexity index is 835. The third-order valence-electron chi connectivity index (χ3n) is 3.00. The van der Waals surface area contributed by atoms with Crippen LogP contribution in [-0.4, -0.2) is 16.2 Å². The Morgan fingerprint density at radius 3 is 2.95 bits per heavy atom. The molecule has 1 aromatic carbocycles. The van der Waals surface area contributed by atoms with Crippen LogP contribution in [0.2, 0.25) is 0 Å². The summed E-state index contributed by atoms with van der Waals surface area (Å²) < 4.78 is 0. The van der Waals surface area contributed by atoms with Gasteiger partial charge in [-0.1, -0.05) is 6.07 Å². The number of hydrogen-bond donors (Lipinski definition) is 1. The van der Waals surface area contributed by atoms with Gasteiger partial charge in [-0.05, 0) is 31.2 Å². The summed E-state index contributed by atoms with van der Waals surface area (Å²) in [6, 6.07) is 10.9. The van der Waals surface area contributed by atoms with E-state index in [0.717, 1.165) is 22.5 Å². The number of aromatic nitrogens is 2. The van der Waals surface area contributed by atoms with Crippen molar-refractivity contribution in [2.45, 2.75) is 6.92 Å². The maximum Gasteiger partial charge on any atom is 0.189 e. The van der Waals surface area contributed by atoms with E-state index >= 15 is 0 Å². The molecule has 3 rings (SSSR count). The van der Waals surface area contributed by atoms with E-state index in [4.69, 9.17) is 0 Å². The Kier molecular flexibility index (Phi) is 3.13. The maximum atomic E-state index is 11.9. The Morgan fingerprint density at radius 1 is 1.25 bits per heavy atom. The highest BCUT2D eigenvalue weighted by atomic mass is 16.1. The molecule has 1 N–H and O–H groups in total. The van der Waals surface area contributed by atoms with Gasteiger partial charge in [0.1, 0.15) is 0 Å². The second-order valence-corrected chi connectivity index (χ2v) is 4.59. The van der Waals surface area contributed by atoms with Crippen molar-refractivity contribution in [3.05, 3.63) is 70.3 Å². The first kappa shape index (κ1) is 12.3. The lowest BCUT2D eigenvalue weighted by atomic mass is 10.2. The minimum atomic E-state index is 0.00896. The topological polar surface area (TPSA) is 58.1 Å². The number of H-pyrrole nitrogens is 1. The SMILES string of the molecule is Cc1cc(=O)c2cc(N=Cc3cccnc3)ccc2[nH]1. The summed E-state index contributed by atoms with van der Waals surface area (Å²) in [5.41, 5.74) is 3.36. The fraction of sp³-hybridized carbons (Fsp3) is 0.0625. The molecule has 0 bridgehead atoms. The van der Waals surface area contributed by atoms with E-state index in [1.165, 1.54) is 0 Å². The Morgan fingerprint density at radius 2 is 2.15 bits per heavy atom. The van der Waals surface area contributed by atoms with Crippen LogP contribution in [0.1, 0.15) is 11.3 Å². The van der Waals surface area contributed by atoms with Gasteiger partial charge in [0.2, 0.25) is 0 Å². The van der Waals surface area contributed by atoms with Gasteiger partial charge in [-0.15, -0.1) is 0 Å². The van der Waals surface area contributed by atoms with Crippen LogP contribution in [0.3, 0.4) is 0 Å². The van der Waals surface area contributed by atoms with E-state index < -0.39 is 0 Å². The summed E-state index contributed by atoms with van der Waals surface area (Å²) in [6.07, 6.45) is 5.19. The Balaban J connectivity index is 2.02. The number of aliphatic imine (C=N–C) groups is 1. The van der Waals surface area contributed by atoms with Crippen LogP contribution in [0.25, 0.3) is 10.9 Å². The summed E-state index contributed by atoms with van der Waals surface area (Å²) in [5, 5.41) is 0.649. The molecule has 0 atom stereocenters. The van der Waals surface area contributed by atoms with E-state index in [-0.39, 0.29) is 5.43 Å². The van der Waals surface area contributed by atoms with Crippen molar-refractivity contribution in [3.8, 4) is 0 Å². The van der Waals surface area contributed by atoms with Crippen molar-refractivity contribution in [2.75, 3.05) is 0 Å². The summed E-state index contributed by atoms with van der Waals surface area (Å²) in [4.78, 5) is 23.5. The minimum absolute atomic E-state index is 0.00896. The normalized spacial score (nSPS) is 11.2. The monoisotopic (exact) mass is 263 g/mol. The van der Waals surface area contributed by atoms with Gasteiger partial charge in [0.05, 0.1) is 5.69 Å². The van der Waals surface area contributed by atoms with E-state index in [0.29, 0.717) is 5.39 Å². The van der Waals surface area contributed by atoms with Gasteiger partial charge in [-0.2, -0.15) is 0 Å². The fourth-order valence-electron chi connectivity index (χ4n) is 2.05. The van der Waals surface area contributed by atoms with Crippen LogP contribution in [-0.2, 0) is 0 Å². The molecule has 0 aliphatic heterocycles. The van der Waals surface area contributed by atoms with Gasteiger partial charge in [0, 0.05) is 46.8 Å². The highest BCUT2D eigenvalue weighted by molar-refractivity contribution is 5.85. The average Bonchev–Trinajstić information content (AvgIpc) is 2.46. The first-order chi connectivity index (χ1) is 9.72. The van der Waals surface area contributed by atoms with Crippen LogP contribution in [0.15, 0.2) is 58.6 Å². The quantitative estimate of drug-likeness (QED) is 0.722. The number of hydrogen-bond acceptors (Lipinski definition) is 3. The van der Waals surface area contributed by atoms with Gasteiger partial charge in [0.15, 0.2) is 5.43 Å². The number of benzene rings is 1. The van der Waals surface area contributed by atoms with Crippen LogP contribution >= 0.6 is 0 Å². The lowest BCUT2D eigenvalue weighted by Gasteiger charge is -2.01. The molecular weight excluding hydrogens is 250 g/mol. The van der Waals surface area contributed by atoms with E-state index in [9.17, 15) is 4.79 Å². The second kappa shape index (κ2) is 5.09. The zero-order valence-electron chi connectivity index (χ0n) is 11.0. The molecule has 4 heteroatoms. The Labute approximate surface area is 115 Å². The van der Waals surface area contributed by atoms with E-state index in [1.807, 2.05) is 31.2 Å². The smallest absolute Gasteiger partial charge is 0.189 e. The highest BCUT2D eigenvalue weighted by Gasteiger charge is 2.00. The number of nitrogens with zero attached hydrogens (tertiary/aromatic N) is 2. The lowest BCUT2D eigenvalue weighted by molar-refractivity contribution is 1.24. The third kappa shape index (κ3) is 2.49. The Hall–Kier alpha value is -2.75. The summed E-state index contributed by atoms with van der Waals surface area (Å²) in [6.45, 7) is 1.87. The molecule has 0 aliphatic carbocycles. The highest BCUT2D eigenvalue weighted by Crippen LogP contribution is 2.17. The largest absolute Gasteiger partial charge is 0.358 e. The third-order valence-corrected chi connectivity index (χ3v) is 3.00. The number of pyridine rings is 2. The summed E-state index contributed by atoms with van der Waals surface area (Å²) >= 11 is 0. The number of rotatable bonds is 2. The fourth-order valence-corrected chi connectivity index (χ4v) is 2.05. The van der Waals surface area contributed by atoms with Gasteiger partial charge in [0.25, 0.3) is 0 Å². The number of aromatic amines is 1. The number of fused-ring (bicyclic) bond motifs is 1. The van der Waals surface area contributed by atoms with Crippen LogP contribution in [0.4, 0.5) is 5.69 Å². The first-order valence-corrected chi connectivity index (χ1v) is 6.30. The van der Waals surface area contributed by atoms with Gasteiger partial charge >= 0.3 is 0 Å². The summed E-state index contributed by atoms with van der Waals surface area (Å²) in [7, 11) is 0. The van der Waals surface area contributed by atoms with Gasteiger partial charge < -0.3 is 4.98 Å². The van der Waals surface area contributed by atoms with Crippen molar-refractivity contribution in [1.29, 1.82) is 0 Å². The van der Waals surface area contributed by atoms with Crippen LogP contribution in [0.5, 0.6) is 0 Å². The number of aryl methyl sites for hydroxylation is 1. The molecule has 0 unspecified atom stereocenters. The van der Waals surface area contributed by atoms with Crippen molar-refractivity contribution >= 4 is 22.8 Å². The maximum absolute atomic E-state index is 11.9. The zero-order chi connectivity index (χ0) is 13.9. The molecule has 0 fully saturated rings. The predicted molar refractivity (Wildman–Crippen MR) is 80.8 cm³/mol. The molecule has 0 spiro atoms. The van der Waals surface area contributed by atoms with Gasteiger partial charge in [-0.25, -0.2) is 0 Å². The minimum Gasteiger partial charge on any atom is -0.358 e. The predicted octanol–water partition coefficient (Wildman–Crippen LogP) is 2.98. The molecular formula is C16H13N3O. The first-order valence-electron chi connectivity index (χ1n) is 6.30. The van der Waals surface area contributed by atoms with Crippen molar-refractivity contribution in [2.24, 2.45) is 4.99 Å². The molecule has 0 radical (unpaired) electrons. The molecule has 2 heterocycles. The summed E-state index contributed by atoms with van der Waals surface area (Å²) in [5.74, 6) is 0. The molecule has 0 aliphatic rings. The van der Waals surface area contributed by atoms with Crippen molar-refractivity contribution in [3.63, 3.8) is 0 Å². The average molecular weight is 263 g/mol. The molecule has 0 saturated carbocycles. The lowest BCUT2D eigenvalue weighted by Crippen LogP contribution is -2.02. The standard InChI is InChI=1S/C16H13N3O/c1-11-7-16(20)14-8-13(4-5-15(14)19-11)18-10-12-3-2-6-17-9-12/h2-10H,1H3,(H,19,20). The van der Waals surface area contributed by atoms with E-state index in [2.05, 4.69) is 15.0 Å². The molecule has 0 saturated heterocycles. The molecule has 2 aromatic heterocycles. The molecule has 0 amide bonds. The van der Waals surface area contributed by atoms with Crippen molar-refractivity contribution < 1.29 is 0 Å². The van der Waals surface area contributed by atoms with E-state index in [1.54, 1.807) is 30.7 Å². The number of nitrogens with one attached hydrogen (secondary N) is 1. The van der Waals surface area contributed by atoms with Gasteiger partial charge in [-0.3, -0.25) is 14.8 Å². The zero-order valence-corrected chi connectivity index (χ0v) is 11.0. The van der Waals surface area contributed by atoms with Crippen LogP contribution in [0, 0.1) is 6.92 Å². The second-order valence-electron chi connectivity index (χ2n) is 4.59. The molecule has 98 valence electrons. The molecule has 3 aromatic rings.